The van der Waals surface area contributed by atoms with E-state index in [1.165, 1.54) is 0 Å². The summed E-state index contributed by atoms with van der Waals surface area (Å²) in [5, 5.41) is 4.48. The van der Waals surface area contributed by atoms with E-state index in [0.29, 0.717) is 15.7 Å². The minimum Gasteiger partial charge on any atom is -0.397 e. The van der Waals surface area contributed by atoms with Crippen molar-refractivity contribution >= 4 is 56.2 Å². The molecule has 0 atom stereocenters. The van der Waals surface area contributed by atoms with Gasteiger partial charge in [-0.2, -0.15) is 0 Å². The third-order valence-electron chi connectivity index (χ3n) is 2.21. The molecule has 0 bridgehead atoms. The molecule has 2 nitrogen and oxygen atoms in total. The van der Waals surface area contributed by atoms with Gasteiger partial charge in [-0.15, -0.1) is 0 Å². The van der Waals surface area contributed by atoms with Gasteiger partial charge in [0.05, 0.1) is 16.4 Å². The van der Waals surface area contributed by atoms with E-state index in [2.05, 4.69) is 21.2 Å². The molecule has 88 valence electrons. The van der Waals surface area contributed by atoms with Gasteiger partial charge in [0.2, 0.25) is 0 Å². The molecule has 2 aromatic carbocycles. The molecule has 0 aliphatic heterocycles. The molecule has 2 rings (SSSR count). The van der Waals surface area contributed by atoms with Gasteiger partial charge in [0.25, 0.3) is 0 Å². The highest BCUT2D eigenvalue weighted by Crippen LogP contribution is 2.30. The van der Waals surface area contributed by atoms with Gasteiger partial charge in [-0.1, -0.05) is 23.2 Å². The molecule has 0 saturated heterocycles. The normalized spacial score (nSPS) is 10.3. The molecular formula is C12H9BrCl2N2. The van der Waals surface area contributed by atoms with E-state index < -0.39 is 0 Å². The Hall–Kier alpha value is -0.900. The van der Waals surface area contributed by atoms with Crippen molar-refractivity contribution in [2.45, 2.75) is 0 Å². The standard InChI is InChI=1S/C12H9BrCl2N2/c13-9-6-8(2-3-10(9)15)17-12-4-1-7(14)5-11(12)16/h1-6,17H,16H2. The number of anilines is 3. The summed E-state index contributed by atoms with van der Waals surface area (Å²) in [6.45, 7) is 0. The number of benzene rings is 2. The smallest absolute Gasteiger partial charge is 0.0618 e. The monoisotopic (exact) mass is 330 g/mol. The van der Waals surface area contributed by atoms with Gasteiger partial charge in [-0.25, -0.2) is 0 Å². The van der Waals surface area contributed by atoms with Crippen molar-refractivity contribution in [2.75, 3.05) is 11.1 Å². The first-order valence-corrected chi connectivity index (χ1v) is 6.38. The van der Waals surface area contributed by atoms with Crippen molar-refractivity contribution in [2.24, 2.45) is 0 Å². The van der Waals surface area contributed by atoms with Crippen molar-refractivity contribution in [3.05, 3.63) is 50.9 Å². The lowest BCUT2D eigenvalue weighted by atomic mass is 10.2. The Kier molecular flexibility index (Phi) is 3.82. The van der Waals surface area contributed by atoms with Crippen LogP contribution in [0.15, 0.2) is 40.9 Å². The van der Waals surface area contributed by atoms with E-state index in [9.17, 15) is 0 Å². The predicted octanol–water partition coefficient (Wildman–Crippen LogP) is 5.08. The summed E-state index contributed by atoms with van der Waals surface area (Å²) in [6, 6.07) is 10.9. The molecular weight excluding hydrogens is 323 g/mol. The van der Waals surface area contributed by atoms with Crippen LogP contribution in [-0.4, -0.2) is 0 Å². The molecule has 0 fully saturated rings. The van der Waals surface area contributed by atoms with E-state index in [0.717, 1.165) is 15.8 Å². The molecule has 0 spiro atoms. The zero-order valence-corrected chi connectivity index (χ0v) is 11.8. The van der Waals surface area contributed by atoms with E-state index in [1.807, 2.05) is 18.2 Å². The van der Waals surface area contributed by atoms with Gasteiger partial charge in [0, 0.05) is 15.2 Å². The molecule has 0 unspecified atom stereocenters. The summed E-state index contributed by atoms with van der Waals surface area (Å²) in [5.74, 6) is 0. The Balaban J connectivity index is 2.28. The van der Waals surface area contributed by atoms with Gasteiger partial charge >= 0.3 is 0 Å². The first kappa shape index (κ1) is 12.6. The molecule has 2 aromatic rings. The lowest BCUT2D eigenvalue weighted by Gasteiger charge is -2.10. The Morgan fingerprint density at radius 3 is 2.47 bits per heavy atom. The highest BCUT2D eigenvalue weighted by Gasteiger charge is 2.02. The summed E-state index contributed by atoms with van der Waals surface area (Å²) in [5.41, 5.74) is 8.16. The fourth-order valence-electron chi connectivity index (χ4n) is 1.38. The van der Waals surface area contributed by atoms with Gasteiger partial charge in [-0.05, 0) is 52.3 Å². The zero-order chi connectivity index (χ0) is 12.4. The number of hydrogen-bond donors (Lipinski definition) is 2. The topological polar surface area (TPSA) is 38.0 Å². The average Bonchev–Trinajstić information content (AvgIpc) is 2.27. The maximum atomic E-state index is 5.92. The van der Waals surface area contributed by atoms with Crippen LogP contribution < -0.4 is 11.1 Å². The minimum atomic E-state index is 0.601. The van der Waals surface area contributed by atoms with Crippen LogP contribution in [0, 0.1) is 0 Å². The maximum Gasteiger partial charge on any atom is 0.0618 e. The van der Waals surface area contributed by atoms with E-state index >= 15 is 0 Å². The first-order valence-electron chi connectivity index (χ1n) is 4.83. The van der Waals surface area contributed by atoms with Crippen LogP contribution >= 0.6 is 39.1 Å². The van der Waals surface area contributed by atoms with Crippen molar-refractivity contribution in [3.8, 4) is 0 Å². The Labute approximate surface area is 118 Å². The molecule has 5 heteroatoms. The van der Waals surface area contributed by atoms with Crippen molar-refractivity contribution in [1.29, 1.82) is 0 Å². The fourth-order valence-corrected chi connectivity index (χ4v) is 2.05. The molecule has 0 heterocycles. The number of hydrogen-bond acceptors (Lipinski definition) is 2. The van der Waals surface area contributed by atoms with Gasteiger partial charge in [0.1, 0.15) is 0 Å². The van der Waals surface area contributed by atoms with Crippen molar-refractivity contribution in [1.82, 2.24) is 0 Å². The SMILES string of the molecule is Nc1cc(Cl)ccc1Nc1ccc(Cl)c(Br)c1. The number of nitrogen functional groups attached to an aromatic ring is 1. The van der Waals surface area contributed by atoms with Crippen LogP contribution in [0.1, 0.15) is 0 Å². The van der Waals surface area contributed by atoms with Gasteiger partial charge in [-0.3, -0.25) is 0 Å². The average molecular weight is 332 g/mol. The van der Waals surface area contributed by atoms with E-state index in [4.69, 9.17) is 28.9 Å². The molecule has 0 aromatic heterocycles. The predicted molar refractivity (Wildman–Crippen MR) is 78.3 cm³/mol. The van der Waals surface area contributed by atoms with Crippen molar-refractivity contribution in [3.63, 3.8) is 0 Å². The fraction of sp³-hybridized carbons (Fsp3) is 0. The third kappa shape index (κ3) is 3.06. The second-order valence-corrected chi connectivity index (χ2v) is 5.18. The summed E-state index contributed by atoms with van der Waals surface area (Å²) in [4.78, 5) is 0. The minimum absolute atomic E-state index is 0.601. The quantitative estimate of drug-likeness (QED) is 0.753. The van der Waals surface area contributed by atoms with E-state index in [-0.39, 0.29) is 0 Å². The second-order valence-electron chi connectivity index (χ2n) is 3.49. The Morgan fingerprint density at radius 1 is 1.06 bits per heavy atom. The number of halogens is 3. The number of nitrogens with two attached hydrogens (primary N) is 1. The van der Waals surface area contributed by atoms with Crippen LogP contribution in [0.25, 0.3) is 0 Å². The third-order valence-corrected chi connectivity index (χ3v) is 3.66. The van der Waals surface area contributed by atoms with Crippen LogP contribution in [-0.2, 0) is 0 Å². The Morgan fingerprint density at radius 2 is 1.82 bits per heavy atom. The Bertz CT molecular complexity index is 558. The molecule has 0 radical (unpaired) electrons. The van der Waals surface area contributed by atoms with Crippen LogP contribution in [0.3, 0.4) is 0 Å². The largest absolute Gasteiger partial charge is 0.397 e. The van der Waals surface area contributed by atoms with Crippen LogP contribution in [0.5, 0.6) is 0 Å². The maximum absolute atomic E-state index is 5.92. The number of rotatable bonds is 2. The first-order chi connectivity index (χ1) is 8.06. The highest BCUT2D eigenvalue weighted by molar-refractivity contribution is 9.10. The number of nitrogens with one attached hydrogen (secondary N) is 1. The molecule has 0 saturated carbocycles. The lowest BCUT2D eigenvalue weighted by Crippen LogP contribution is -1.96. The van der Waals surface area contributed by atoms with Crippen molar-refractivity contribution < 1.29 is 0 Å². The molecule has 0 aliphatic carbocycles. The van der Waals surface area contributed by atoms with Gasteiger partial charge in [0.15, 0.2) is 0 Å². The molecule has 3 N–H and O–H groups in total. The van der Waals surface area contributed by atoms with Crippen LogP contribution in [0.2, 0.25) is 10.0 Å². The zero-order valence-electron chi connectivity index (χ0n) is 8.68. The van der Waals surface area contributed by atoms with Gasteiger partial charge < -0.3 is 11.1 Å². The highest BCUT2D eigenvalue weighted by atomic mass is 79.9. The summed E-state index contributed by atoms with van der Waals surface area (Å²) in [6.07, 6.45) is 0. The summed E-state index contributed by atoms with van der Waals surface area (Å²) >= 11 is 15.1. The van der Waals surface area contributed by atoms with Crippen LogP contribution in [0.4, 0.5) is 17.1 Å². The second kappa shape index (κ2) is 5.17. The molecule has 17 heavy (non-hydrogen) atoms. The van der Waals surface area contributed by atoms with E-state index in [1.54, 1.807) is 18.2 Å². The molecule has 0 aliphatic rings. The molecule has 0 amide bonds. The summed E-state index contributed by atoms with van der Waals surface area (Å²) in [7, 11) is 0. The summed E-state index contributed by atoms with van der Waals surface area (Å²) < 4.78 is 0.830. The lowest BCUT2D eigenvalue weighted by molar-refractivity contribution is 1.53.